The molecule has 0 spiro atoms. The van der Waals surface area contributed by atoms with E-state index < -0.39 is 27.8 Å². The van der Waals surface area contributed by atoms with Crippen molar-refractivity contribution in [3.8, 4) is 5.75 Å². The lowest BCUT2D eigenvalue weighted by Crippen LogP contribution is -2.29. The molecule has 0 atom stereocenters. The summed E-state index contributed by atoms with van der Waals surface area (Å²) in [5.41, 5.74) is 3.52. The Hall–Kier alpha value is -4.16. The number of anilines is 2. The summed E-state index contributed by atoms with van der Waals surface area (Å²) in [6.45, 7) is 4.18. The Morgan fingerprint density at radius 3 is 2.45 bits per heavy atom. The summed E-state index contributed by atoms with van der Waals surface area (Å²) in [5, 5.41) is 3.32. The third-order valence-corrected chi connectivity index (χ3v) is 8.45. The number of aliphatic imine (C=N–C) groups is 1. The number of nitrogens with zero attached hydrogens (tertiary/aromatic N) is 2. The molecule has 1 fully saturated rings. The maximum atomic E-state index is 14.7. The third kappa shape index (κ3) is 6.18. The van der Waals surface area contributed by atoms with E-state index in [9.17, 15) is 22.4 Å². The molecule has 0 aliphatic carbocycles. The zero-order valence-electron chi connectivity index (χ0n) is 21.5. The number of amidine groups is 1. The lowest BCUT2D eigenvalue weighted by atomic mass is 10.0. The van der Waals surface area contributed by atoms with Crippen LogP contribution in [0.3, 0.4) is 0 Å². The first-order chi connectivity index (χ1) is 19.1. The van der Waals surface area contributed by atoms with Gasteiger partial charge in [-0.25, -0.2) is 13.4 Å². The molecular formula is C28H25FN4O5S2. The topological polar surface area (TPSA) is 117 Å². The lowest BCUT2D eigenvalue weighted by molar-refractivity contribution is -0.117. The number of rotatable bonds is 7. The predicted octanol–water partition coefficient (Wildman–Crippen LogP) is 4.79. The number of amides is 2. The van der Waals surface area contributed by atoms with Crippen LogP contribution in [0.2, 0.25) is 0 Å². The Bertz CT molecular complexity index is 1640. The molecule has 2 heterocycles. The summed E-state index contributed by atoms with van der Waals surface area (Å²) >= 11 is 1.09. The van der Waals surface area contributed by atoms with Crippen molar-refractivity contribution in [3.05, 3.63) is 94.1 Å². The number of halogens is 1. The zero-order valence-corrected chi connectivity index (χ0v) is 23.2. The van der Waals surface area contributed by atoms with Crippen LogP contribution >= 0.6 is 11.8 Å². The number of ether oxygens (including phenoxy) is 1. The van der Waals surface area contributed by atoms with E-state index in [-0.39, 0.29) is 18.9 Å². The van der Waals surface area contributed by atoms with Crippen LogP contribution in [-0.4, -0.2) is 31.9 Å². The molecule has 9 nitrogen and oxygen atoms in total. The minimum absolute atomic E-state index is 0.115. The van der Waals surface area contributed by atoms with Crippen molar-refractivity contribution in [1.82, 2.24) is 4.72 Å². The van der Waals surface area contributed by atoms with Crippen LogP contribution in [0.4, 0.5) is 15.8 Å². The fourth-order valence-electron chi connectivity index (χ4n) is 4.01. The van der Waals surface area contributed by atoms with E-state index in [1.165, 1.54) is 29.8 Å². The Kier molecular flexibility index (Phi) is 7.63. The number of benzene rings is 3. The van der Waals surface area contributed by atoms with Crippen molar-refractivity contribution in [2.75, 3.05) is 16.2 Å². The van der Waals surface area contributed by atoms with Crippen LogP contribution in [-0.2, 0) is 26.4 Å². The molecule has 0 saturated carbocycles. The molecule has 12 heteroatoms. The summed E-state index contributed by atoms with van der Waals surface area (Å²) in [6.07, 6.45) is 1.55. The van der Waals surface area contributed by atoms with Gasteiger partial charge in [-0.1, -0.05) is 44.2 Å². The average Bonchev–Trinajstić information content (AvgIpc) is 3.39. The predicted molar refractivity (Wildman–Crippen MR) is 154 cm³/mol. The molecular weight excluding hydrogens is 555 g/mol. The Labute approximate surface area is 235 Å². The quantitative estimate of drug-likeness (QED) is 0.386. The van der Waals surface area contributed by atoms with Gasteiger partial charge in [-0.3, -0.25) is 9.59 Å². The fraction of sp³-hybridized carbons (Fsp3) is 0.179. The molecule has 2 aliphatic rings. The monoisotopic (exact) mass is 580 g/mol. The minimum atomic E-state index is -3.90. The number of carbonyl (C=O) groups is 2. The fourth-order valence-corrected chi connectivity index (χ4v) is 5.99. The summed E-state index contributed by atoms with van der Waals surface area (Å²) in [4.78, 5) is 28.2. The number of hydrogen-bond donors (Lipinski definition) is 2. The van der Waals surface area contributed by atoms with E-state index in [4.69, 9.17) is 4.74 Å². The van der Waals surface area contributed by atoms with Crippen LogP contribution < -0.4 is 19.1 Å². The summed E-state index contributed by atoms with van der Waals surface area (Å²) < 4.78 is 47.3. The van der Waals surface area contributed by atoms with Crippen LogP contribution in [0.1, 0.15) is 36.5 Å². The first-order valence-electron chi connectivity index (χ1n) is 12.3. The molecule has 3 aromatic carbocycles. The molecule has 0 aromatic heterocycles. The van der Waals surface area contributed by atoms with Gasteiger partial charge in [0.15, 0.2) is 16.7 Å². The van der Waals surface area contributed by atoms with Crippen LogP contribution in [0.25, 0.3) is 6.08 Å². The smallest absolute Gasteiger partial charge is 0.326 e. The second-order valence-corrected chi connectivity index (χ2v) is 12.0. The third-order valence-electron chi connectivity index (χ3n) is 6.14. The van der Waals surface area contributed by atoms with Crippen molar-refractivity contribution < 1.29 is 27.1 Å². The number of nitrogens with one attached hydrogen (secondary N) is 2. The molecule has 0 unspecified atom stereocenters. The van der Waals surface area contributed by atoms with Gasteiger partial charge in [0, 0.05) is 5.69 Å². The Morgan fingerprint density at radius 2 is 1.82 bits per heavy atom. The number of thioether (sulfide) groups is 1. The Morgan fingerprint density at radius 1 is 1.10 bits per heavy atom. The van der Waals surface area contributed by atoms with E-state index in [1.54, 1.807) is 24.3 Å². The molecule has 2 amide bonds. The van der Waals surface area contributed by atoms with Gasteiger partial charge in [0.1, 0.15) is 13.2 Å². The molecule has 2 N–H and O–H groups in total. The van der Waals surface area contributed by atoms with Gasteiger partial charge in [0.2, 0.25) is 0 Å². The highest BCUT2D eigenvalue weighted by Gasteiger charge is 2.34. The SMILES string of the molecule is CC(C)c1ccc(COc2ccc(C=C3SC(Nc4ccc(N5CC(=O)NS5(=O)=O)cc4)=NC3=O)cc2F)cc1. The summed E-state index contributed by atoms with van der Waals surface area (Å²) in [6, 6.07) is 18.8. The highest BCUT2D eigenvalue weighted by Crippen LogP contribution is 2.31. The molecule has 3 aromatic rings. The normalized spacial score (nSPS) is 17.4. The van der Waals surface area contributed by atoms with Gasteiger partial charge >= 0.3 is 10.2 Å². The largest absolute Gasteiger partial charge is 0.486 e. The lowest BCUT2D eigenvalue weighted by Gasteiger charge is -2.15. The summed E-state index contributed by atoms with van der Waals surface area (Å²) in [5.74, 6) is -1.07. The first kappa shape index (κ1) is 27.4. The molecule has 40 heavy (non-hydrogen) atoms. The van der Waals surface area contributed by atoms with Crippen LogP contribution in [0.5, 0.6) is 5.75 Å². The van der Waals surface area contributed by atoms with Crippen molar-refractivity contribution in [2.24, 2.45) is 4.99 Å². The maximum absolute atomic E-state index is 14.7. The number of hydrogen-bond acceptors (Lipinski definition) is 7. The second kappa shape index (κ2) is 11.1. The highest BCUT2D eigenvalue weighted by molar-refractivity contribution is 8.18. The van der Waals surface area contributed by atoms with Crippen molar-refractivity contribution in [1.29, 1.82) is 0 Å². The minimum Gasteiger partial charge on any atom is -0.486 e. The van der Waals surface area contributed by atoms with Crippen LogP contribution in [0, 0.1) is 5.82 Å². The van der Waals surface area contributed by atoms with Gasteiger partial charge in [-0.05, 0) is 76.8 Å². The van der Waals surface area contributed by atoms with E-state index in [2.05, 4.69) is 24.2 Å². The van der Waals surface area contributed by atoms with E-state index >= 15 is 0 Å². The van der Waals surface area contributed by atoms with Gasteiger partial charge in [0.05, 0.1) is 10.6 Å². The number of carbonyl (C=O) groups excluding carboxylic acids is 2. The first-order valence-corrected chi connectivity index (χ1v) is 14.6. The van der Waals surface area contributed by atoms with E-state index in [0.717, 1.165) is 21.6 Å². The zero-order chi connectivity index (χ0) is 28.4. The van der Waals surface area contributed by atoms with Crippen molar-refractivity contribution in [2.45, 2.75) is 26.4 Å². The molecule has 1 saturated heterocycles. The molecule has 0 radical (unpaired) electrons. The maximum Gasteiger partial charge on any atom is 0.326 e. The van der Waals surface area contributed by atoms with Gasteiger partial charge in [-0.15, -0.1) is 0 Å². The van der Waals surface area contributed by atoms with E-state index in [0.29, 0.717) is 32.9 Å². The molecule has 0 bridgehead atoms. The Balaban J connectivity index is 1.19. The summed E-state index contributed by atoms with van der Waals surface area (Å²) in [7, 11) is -3.90. The molecule has 206 valence electrons. The second-order valence-electron chi connectivity index (χ2n) is 9.42. The van der Waals surface area contributed by atoms with Gasteiger partial charge in [-0.2, -0.15) is 13.4 Å². The van der Waals surface area contributed by atoms with Crippen LogP contribution in [0.15, 0.2) is 76.6 Å². The average molecular weight is 581 g/mol. The molecule has 5 rings (SSSR count). The molecule has 2 aliphatic heterocycles. The van der Waals surface area contributed by atoms with Gasteiger partial charge in [0.25, 0.3) is 11.8 Å². The van der Waals surface area contributed by atoms with Crippen molar-refractivity contribution >= 4 is 56.4 Å². The van der Waals surface area contributed by atoms with E-state index in [1.807, 2.05) is 29.0 Å². The van der Waals surface area contributed by atoms with Gasteiger partial charge < -0.3 is 10.1 Å². The standard InChI is InChI=1S/C28H25FN4O5S2/c1-17(2)20-6-3-18(4-7-20)16-38-24-12-5-19(13-23(24)29)14-25-27(35)31-28(39-25)30-21-8-10-22(11-9-21)33-15-26(34)32-40(33,36)37/h3-14,17H,15-16H2,1-2H3,(H,32,34)(H,30,31,35). The highest BCUT2D eigenvalue weighted by atomic mass is 32.2. The van der Waals surface area contributed by atoms with Crippen molar-refractivity contribution in [3.63, 3.8) is 0 Å².